The fourth-order valence-electron chi connectivity index (χ4n) is 2.68. The summed E-state index contributed by atoms with van der Waals surface area (Å²) in [5.41, 5.74) is 1.34. The van der Waals surface area contributed by atoms with E-state index < -0.39 is 5.91 Å². The molecule has 0 radical (unpaired) electrons. The van der Waals surface area contributed by atoms with Crippen molar-refractivity contribution in [2.75, 3.05) is 7.11 Å². The highest BCUT2D eigenvalue weighted by molar-refractivity contribution is 6.35. The number of nitriles is 1. The van der Waals surface area contributed by atoms with Gasteiger partial charge in [-0.05, 0) is 48.0 Å². The van der Waals surface area contributed by atoms with Crippen molar-refractivity contribution >= 4 is 35.2 Å². The maximum absolute atomic E-state index is 12.3. The number of benzene rings is 2. The molecule has 1 amide bonds. The fraction of sp³-hybridized carbons (Fsp3) is 0.130. The van der Waals surface area contributed by atoms with Gasteiger partial charge in [0, 0.05) is 15.6 Å². The zero-order valence-electron chi connectivity index (χ0n) is 16.5. The molecular formula is C23H18Cl2N2O4. The van der Waals surface area contributed by atoms with Gasteiger partial charge in [0.15, 0.2) is 11.5 Å². The fourth-order valence-corrected chi connectivity index (χ4v) is 3.14. The lowest BCUT2D eigenvalue weighted by Crippen LogP contribution is -2.23. The first kappa shape index (κ1) is 22.3. The molecule has 1 heterocycles. The zero-order chi connectivity index (χ0) is 22.2. The largest absolute Gasteiger partial charge is 0.493 e. The summed E-state index contributed by atoms with van der Waals surface area (Å²) < 4.78 is 16.4. The van der Waals surface area contributed by atoms with Crippen molar-refractivity contribution in [2.24, 2.45) is 0 Å². The lowest BCUT2D eigenvalue weighted by Gasteiger charge is -2.12. The molecule has 1 aromatic heterocycles. The third-order valence-electron chi connectivity index (χ3n) is 4.27. The Bertz CT molecular complexity index is 1130. The second kappa shape index (κ2) is 10.6. The predicted octanol–water partition coefficient (Wildman–Crippen LogP) is 5.40. The van der Waals surface area contributed by atoms with Crippen LogP contribution in [0.3, 0.4) is 0 Å². The van der Waals surface area contributed by atoms with Gasteiger partial charge in [-0.2, -0.15) is 5.26 Å². The smallest absolute Gasteiger partial charge is 0.262 e. The van der Waals surface area contributed by atoms with Crippen LogP contribution in [0.5, 0.6) is 11.5 Å². The molecule has 2 aromatic carbocycles. The van der Waals surface area contributed by atoms with Crippen LogP contribution in [0.4, 0.5) is 0 Å². The summed E-state index contributed by atoms with van der Waals surface area (Å²) in [6, 6.07) is 15.6. The summed E-state index contributed by atoms with van der Waals surface area (Å²) in [5, 5.41) is 13.1. The van der Waals surface area contributed by atoms with E-state index in [0.717, 1.165) is 5.56 Å². The van der Waals surface area contributed by atoms with Crippen LogP contribution < -0.4 is 14.8 Å². The number of nitrogens with zero attached hydrogens (tertiary/aromatic N) is 1. The number of furan rings is 1. The Labute approximate surface area is 189 Å². The molecule has 158 valence electrons. The molecule has 0 aliphatic carbocycles. The van der Waals surface area contributed by atoms with Gasteiger partial charge in [-0.25, -0.2) is 0 Å². The third kappa shape index (κ3) is 6.05. The standard InChI is InChI=1S/C23H18Cl2N2O4/c1-29-22-10-15(9-17(12-26)23(28)27-13-19-3-2-8-30-19)4-7-21(22)31-14-16-5-6-18(24)11-20(16)25/h2-11H,13-14H2,1H3,(H,27,28). The van der Waals surface area contributed by atoms with Crippen molar-refractivity contribution in [3.05, 3.63) is 87.3 Å². The monoisotopic (exact) mass is 456 g/mol. The van der Waals surface area contributed by atoms with Crippen molar-refractivity contribution in [1.82, 2.24) is 5.32 Å². The maximum Gasteiger partial charge on any atom is 0.262 e. The molecule has 8 heteroatoms. The van der Waals surface area contributed by atoms with Crippen LogP contribution in [0.1, 0.15) is 16.9 Å². The van der Waals surface area contributed by atoms with Crippen LogP contribution in [0.2, 0.25) is 10.0 Å². The van der Waals surface area contributed by atoms with E-state index in [2.05, 4.69) is 5.32 Å². The van der Waals surface area contributed by atoms with E-state index in [-0.39, 0.29) is 18.7 Å². The number of amides is 1. The summed E-state index contributed by atoms with van der Waals surface area (Å²) in [7, 11) is 1.51. The zero-order valence-corrected chi connectivity index (χ0v) is 18.0. The van der Waals surface area contributed by atoms with E-state index in [1.165, 1.54) is 19.4 Å². The minimum Gasteiger partial charge on any atom is -0.493 e. The van der Waals surface area contributed by atoms with Crippen LogP contribution in [-0.4, -0.2) is 13.0 Å². The summed E-state index contributed by atoms with van der Waals surface area (Å²) in [5.74, 6) is 1.03. The Kier molecular flexibility index (Phi) is 7.60. The maximum atomic E-state index is 12.3. The molecule has 0 aliphatic heterocycles. The number of carbonyl (C=O) groups is 1. The molecule has 31 heavy (non-hydrogen) atoms. The minimum atomic E-state index is -0.504. The quantitative estimate of drug-likeness (QED) is 0.362. The second-order valence-corrected chi connectivity index (χ2v) is 7.21. The average molecular weight is 457 g/mol. The molecule has 0 spiro atoms. The molecule has 3 rings (SSSR count). The number of ether oxygens (including phenoxy) is 2. The van der Waals surface area contributed by atoms with Crippen molar-refractivity contribution in [1.29, 1.82) is 5.26 Å². The molecule has 6 nitrogen and oxygen atoms in total. The van der Waals surface area contributed by atoms with Gasteiger partial charge in [0.1, 0.15) is 24.0 Å². The van der Waals surface area contributed by atoms with E-state index >= 15 is 0 Å². The Hall–Kier alpha value is -3.40. The van der Waals surface area contributed by atoms with Crippen LogP contribution in [0.15, 0.2) is 64.8 Å². The van der Waals surface area contributed by atoms with Gasteiger partial charge in [0.2, 0.25) is 0 Å². The molecule has 0 saturated carbocycles. The van der Waals surface area contributed by atoms with Gasteiger partial charge in [-0.15, -0.1) is 0 Å². The Morgan fingerprint density at radius 3 is 2.71 bits per heavy atom. The first-order chi connectivity index (χ1) is 15.0. The molecule has 1 N–H and O–H groups in total. The van der Waals surface area contributed by atoms with Gasteiger partial charge in [0.05, 0.1) is 19.9 Å². The van der Waals surface area contributed by atoms with Gasteiger partial charge in [-0.3, -0.25) is 4.79 Å². The summed E-state index contributed by atoms with van der Waals surface area (Å²) >= 11 is 12.1. The van der Waals surface area contributed by atoms with E-state index in [1.54, 1.807) is 48.5 Å². The van der Waals surface area contributed by atoms with E-state index in [1.807, 2.05) is 6.07 Å². The number of hydrogen-bond donors (Lipinski definition) is 1. The van der Waals surface area contributed by atoms with Gasteiger partial charge >= 0.3 is 0 Å². The minimum absolute atomic E-state index is 0.0461. The summed E-state index contributed by atoms with van der Waals surface area (Å²) in [6.45, 7) is 0.411. The van der Waals surface area contributed by atoms with E-state index in [0.29, 0.717) is 32.9 Å². The number of methoxy groups -OCH3 is 1. The first-order valence-electron chi connectivity index (χ1n) is 9.17. The first-order valence-corrected chi connectivity index (χ1v) is 9.93. The van der Waals surface area contributed by atoms with Crippen LogP contribution in [0.25, 0.3) is 6.08 Å². The normalized spacial score (nSPS) is 11.0. The summed E-state index contributed by atoms with van der Waals surface area (Å²) in [4.78, 5) is 12.3. The molecule has 3 aromatic rings. The van der Waals surface area contributed by atoms with Crippen molar-refractivity contribution in [3.8, 4) is 17.6 Å². The van der Waals surface area contributed by atoms with Crippen LogP contribution in [-0.2, 0) is 17.9 Å². The lowest BCUT2D eigenvalue weighted by molar-refractivity contribution is -0.117. The Morgan fingerprint density at radius 1 is 1.19 bits per heavy atom. The second-order valence-electron chi connectivity index (χ2n) is 6.37. The number of hydrogen-bond acceptors (Lipinski definition) is 5. The number of halogens is 2. The Morgan fingerprint density at radius 2 is 2.03 bits per heavy atom. The number of nitrogens with one attached hydrogen (secondary N) is 1. The highest BCUT2D eigenvalue weighted by Gasteiger charge is 2.12. The molecule has 0 fully saturated rings. The molecule has 0 saturated heterocycles. The van der Waals surface area contributed by atoms with Crippen molar-refractivity contribution in [2.45, 2.75) is 13.2 Å². The van der Waals surface area contributed by atoms with Gasteiger partial charge in [-0.1, -0.05) is 35.3 Å². The molecule has 0 unspecified atom stereocenters. The molecule has 0 atom stereocenters. The molecular weight excluding hydrogens is 439 g/mol. The Balaban J connectivity index is 1.71. The summed E-state index contributed by atoms with van der Waals surface area (Å²) in [6.07, 6.45) is 2.99. The van der Waals surface area contributed by atoms with Crippen molar-refractivity contribution in [3.63, 3.8) is 0 Å². The SMILES string of the molecule is COc1cc(C=C(C#N)C(=O)NCc2ccco2)ccc1OCc1ccc(Cl)cc1Cl. The lowest BCUT2D eigenvalue weighted by atomic mass is 10.1. The third-order valence-corrected chi connectivity index (χ3v) is 4.85. The van der Waals surface area contributed by atoms with Crippen LogP contribution >= 0.6 is 23.2 Å². The molecule has 0 aliphatic rings. The highest BCUT2D eigenvalue weighted by atomic mass is 35.5. The number of rotatable bonds is 8. The van der Waals surface area contributed by atoms with Gasteiger partial charge in [0.25, 0.3) is 5.91 Å². The predicted molar refractivity (Wildman–Crippen MR) is 118 cm³/mol. The highest BCUT2D eigenvalue weighted by Crippen LogP contribution is 2.31. The van der Waals surface area contributed by atoms with E-state index in [4.69, 9.17) is 37.1 Å². The number of carbonyl (C=O) groups excluding carboxylic acids is 1. The van der Waals surface area contributed by atoms with E-state index in [9.17, 15) is 10.1 Å². The topological polar surface area (TPSA) is 84.5 Å². The van der Waals surface area contributed by atoms with Gasteiger partial charge < -0.3 is 19.2 Å². The van der Waals surface area contributed by atoms with Crippen LogP contribution in [0, 0.1) is 11.3 Å². The average Bonchev–Trinajstić information content (AvgIpc) is 3.29. The van der Waals surface area contributed by atoms with Crippen molar-refractivity contribution < 1.29 is 18.7 Å². The molecule has 0 bridgehead atoms.